The maximum absolute atomic E-state index is 14.7. The highest BCUT2D eigenvalue weighted by Gasteiger charge is 2.26. The third-order valence-electron chi connectivity index (χ3n) is 3.44. The average Bonchev–Trinajstić information content (AvgIpc) is 2.56. The van der Waals surface area contributed by atoms with Crippen LogP contribution < -0.4 is 19.9 Å². The second-order valence-corrected chi connectivity index (χ2v) is 6.81. The number of nitrogens with two attached hydrogens (primary N) is 1. The minimum atomic E-state index is -4.15. The molecule has 0 aliphatic heterocycles. The van der Waals surface area contributed by atoms with Gasteiger partial charge in [-0.3, -0.25) is 9.52 Å². The summed E-state index contributed by atoms with van der Waals surface area (Å²) in [5.41, 5.74) is 5.11. The van der Waals surface area contributed by atoms with Crippen molar-refractivity contribution in [2.24, 2.45) is 5.73 Å². The number of anilines is 1. The molecule has 0 heterocycles. The number of nitrogens with one attached hydrogen (secondary N) is 1. The first-order valence-corrected chi connectivity index (χ1v) is 8.53. The van der Waals surface area contributed by atoms with Crippen LogP contribution >= 0.6 is 0 Å². The second kappa shape index (κ2) is 6.98. The highest BCUT2D eigenvalue weighted by Crippen LogP contribution is 2.38. The predicted octanol–water partition coefficient (Wildman–Crippen LogP) is 2.05. The Kier molecular flexibility index (Phi) is 5.17. The van der Waals surface area contributed by atoms with Crippen LogP contribution in [-0.4, -0.2) is 28.5 Å². The number of sulfonamides is 1. The van der Waals surface area contributed by atoms with E-state index in [9.17, 15) is 17.6 Å². The molecule has 9 heteroatoms. The molecule has 0 aliphatic carbocycles. The molecule has 0 bridgehead atoms. The SMILES string of the molecule is COc1cc(C(N)=O)c(NS(=O)(=O)c2ccc(C)cc2)c(F)c1OC. The number of benzene rings is 2. The van der Waals surface area contributed by atoms with Crippen molar-refractivity contribution in [2.45, 2.75) is 11.8 Å². The third-order valence-corrected chi connectivity index (χ3v) is 4.81. The maximum Gasteiger partial charge on any atom is 0.262 e. The van der Waals surface area contributed by atoms with Crippen LogP contribution in [0.3, 0.4) is 0 Å². The molecular weight excluding hydrogens is 351 g/mol. The van der Waals surface area contributed by atoms with Crippen molar-refractivity contribution in [3.63, 3.8) is 0 Å². The molecule has 2 rings (SSSR count). The van der Waals surface area contributed by atoms with Crippen LogP contribution in [-0.2, 0) is 10.0 Å². The number of carbonyl (C=O) groups is 1. The number of methoxy groups -OCH3 is 2. The van der Waals surface area contributed by atoms with E-state index in [0.717, 1.165) is 11.6 Å². The van der Waals surface area contributed by atoms with E-state index in [-0.39, 0.29) is 22.0 Å². The van der Waals surface area contributed by atoms with Crippen LogP contribution in [0.1, 0.15) is 15.9 Å². The molecule has 0 unspecified atom stereocenters. The lowest BCUT2D eigenvalue weighted by Crippen LogP contribution is -2.20. The quantitative estimate of drug-likeness (QED) is 0.811. The lowest BCUT2D eigenvalue weighted by molar-refractivity contribution is 0.100. The number of carbonyl (C=O) groups excluding carboxylic acids is 1. The van der Waals surface area contributed by atoms with E-state index < -0.39 is 27.4 Å². The van der Waals surface area contributed by atoms with Gasteiger partial charge >= 0.3 is 0 Å². The Labute approximate surface area is 144 Å². The summed E-state index contributed by atoms with van der Waals surface area (Å²) in [6.07, 6.45) is 0. The molecule has 0 spiro atoms. The van der Waals surface area contributed by atoms with Gasteiger partial charge in [0.05, 0.1) is 24.7 Å². The second-order valence-electron chi connectivity index (χ2n) is 5.13. The summed E-state index contributed by atoms with van der Waals surface area (Å²) >= 11 is 0. The first-order valence-electron chi connectivity index (χ1n) is 7.05. The summed E-state index contributed by atoms with van der Waals surface area (Å²) in [6.45, 7) is 1.79. The van der Waals surface area contributed by atoms with Gasteiger partial charge in [-0.1, -0.05) is 17.7 Å². The zero-order chi connectivity index (χ0) is 18.8. The Bertz CT molecular complexity index is 911. The smallest absolute Gasteiger partial charge is 0.262 e. The first-order chi connectivity index (χ1) is 11.7. The molecule has 25 heavy (non-hydrogen) atoms. The molecule has 2 aromatic rings. The van der Waals surface area contributed by atoms with Gasteiger partial charge in [0.25, 0.3) is 15.9 Å². The Hall–Kier alpha value is -2.81. The molecule has 0 aliphatic rings. The van der Waals surface area contributed by atoms with Crippen LogP contribution in [0.2, 0.25) is 0 Å². The highest BCUT2D eigenvalue weighted by molar-refractivity contribution is 7.92. The molecule has 7 nitrogen and oxygen atoms in total. The molecular formula is C16H17FN2O5S. The number of rotatable bonds is 6. The lowest BCUT2D eigenvalue weighted by Gasteiger charge is -2.16. The largest absolute Gasteiger partial charge is 0.493 e. The van der Waals surface area contributed by atoms with Crippen molar-refractivity contribution in [1.29, 1.82) is 0 Å². The summed E-state index contributed by atoms with van der Waals surface area (Å²) in [6, 6.07) is 7.01. The summed E-state index contributed by atoms with van der Waals surface area (Å²) in [5, 5.41) is 0. The van der Waals surface area contributed by atoms with Crippen molar-refractivity contribution >= 4 is 21.6 Å². The summed E-state index contributed by atoms with van der Waals surface area (Å²) in [4.78, 5) is 11.5. The molecule has 0 fully saturated rings. The van der Waals surface area contributed by atoms with Gasteiger partial charge in [0, 0.05) is 0 Å². The molecule has 134 valence electrons. The molecule has 0 radical (unpaired) electrons. The fourth-order valence-corrected chi connectivity index (χ4v) is 3.24. The number of aryl methyl sites for hydroxylation is 1. The summed E-state index contributed by atoms with van der Waals surface area (Å²) in [7, 11) is -1.72. The van der Waals surface area contributed by atoms with Crippen LogP contribution in [0.25, 0.3) is 0 Å². The van der Waals surface area contributed by atoms with Gasteiger partial charge in [-0.15, -0.1) is 0 Å². The topological polar surface area (TPSA) is 108 Å². The van der Waals surface area contributed by atoms with Gasteiger partial charge in [-0.2, -0.15) is 0 Å². The summed E-state index contributed by atoms with van der Waals surface area (Å²) in [5.74, 6) is -2.58. The zero-order valence-corrected chi connectivity index (χ0v) is 14.6. The van der Waals surface area contributed by atoms with Crippen molar-refractivity contribution in [3.05, 3.63) is 47.3 Å². The van der Waals surface area contributed by atoms with E-state index in [0.29, 0.717) is 0 Å². The van der Waals surface area contributed by atoms with E-state index in [4.69, 9.17) is 15.2 Å². The average molecular weight is 368 g/mol. The highest BCUT2D eigenvalue weighted by atomic mass is 32.2. The van der Waals surface area contributed by atoms with E-state index in [2.05, 4.69) is 4.72 Å². The van der Waals surface area contributed by atoms with E-state index in [1.165, 1.54) is 26.4 Å². The Morgan fingerprint density at radius 3 is 2.24 bits per heavy atom. The fourth-order valence-electron chi connectivity index (χ4n) is 2.16. The number of hydrogen-bond donors (Lipinski definition) is 2. The predicted molar refractivity (Wildman–Crippen MR) is 90.0 cm³/mol. The molecule has 0 saturated carbocycles. The summed E-state index contributed by atoms with van der Waals surface area (Å²) < 4.78 is 51.6. The number of halogens is 1. The van der Waals surface area contributed by atoms with E-state index >= 15 is 0 Å². The van der Waals surface area contributed by atoms with Gasteiger partial charge in [-0.25, -0.2) is 12.8 Å². The van der Waals surface area contributed by atoms with Gasteiger partial charge in [0.1, 0.15) is 5.69 Å². The Balaban J connectivity index is 2.61. The first kappa shape index (κ1) is 18.5. The van der Waals surface area contributed by atoms with Crippen LogP contribution in [0.15, 0.2) is 35.2 Å². The third kappa shape index (κ3) is 3.66. The van der Waals surface area contributed by atoms with Crippen molar-refractivity contribution < 1.29 is 27.1 Å². The molecule has 2 aromatic carbocycles. The lowest BCUT2D eigenvalue weighted by atomic mass is 10.1. The van der Waals surface area contributed by atoms with Crippen LogP contribution in [0.4, 0.5) is 10.1 Å². The molecule has 0 atom stereocenters. The van der Waals surface area contributed by atoms with Gasteiger partial charge < -0.3 is 15.2 Å². The van der Waals surface area contributed by atoms with Gasteiger partial charge in [-0.05, 0) is 25.1 Å². The van der Waals surface area contributed by atoms with E-state index in [1.54, 1.807) is 19.1 Å². The van der Waals surface area contributed by atoms with Crippen molar-refractivity contribution in [3.8, 4) is 11.5 Å². The minimum Gasteiger partial charge on any atom is -0.493 e. The standard InChI is InChI=1S/C16H17FN2O5S/c1-9-4-6-10(7-5-9)25(21,22)19-14-11(16(18)20)8-12(23-2)15(24-3)13(14)17/h4-8,19H,1-3H3,(H2,18,20). The molecule has 3 N–H and O–H groups in total. The zero-order valence-electron chi connectivity index (χ0n) is 13.8. The molecule has 1 amide bonds. The number of primary amides is 1. The van der Waals surface area contributed by atoms with E-state index in [1.807, 2.05) is 0 Å². The number of ether oxygens (including phenoxy) is 2. The fraction of sp³-hybridized carbons (Fsp3) is 0.188. The number of amides is 1. The Morgan fingerprint density at radius 1 is 1.16 bits per heavy atom. The maximum atomic E-state index is 14.7. The minimum absolute atomic E-state index is 0.0907. The van der Waals surface area contributed by atoms with Gasteiger partial charge in [0.2, 0.25) is 0 Å². The molecule has 0 saturated heterocycles. The van der Waals surface area contributed by atoms with Crippen molar-refractivity contribution in [2.75, 3.05) is 18.9 Å². The normalized spacial score (nSPS) is 11.0. The van der Waals surface area contributed by atoms with Gasteiger partial charge in [0.15, 0.2) is 17.3 Å². The monoisotopic (exact) mass is 368 g/mol. The number of hydrogen-bond acceptors (Lipinski definition) is 5. The molecule has 0 aromatic heterocycles. The van der Waals surface area contributed by atoms with Crippen molar-refractivity contribution in [1.82, 2.24) is 0 Å². The van der Waals surface area contributed by atoms with Crippen LogP contribution in [0, 0.1) is 12.7 Å². The van der Waals surface area contributed by atoms with Crippen LogP contribution in [0.5, 0.6) is 11.5 Å². The Morgan fingerprint density at radius 2 is 1.76 bits per heavy atom.